The molecule has 1 unspecified atom stereocenters. The molecule has 1 aromatic heterocycles. The van der Waals surface area contributed by atoms with Gasteiger partial charge in [0, 0.05) is 28.1 Å². The average molecular weight is 372 g/mol. The molecule has 0 radical (unpaired) electrons. The summed E-state index contributed by atoms with van der Waals surface area (Å²) in [4.78, 5) is 3.65. The van der Waals surface area contributed by atoms with E-state index in [2.05, 4.69) is 51.2 Å². The Bertz CT molecular complexity index is 594. The molecule has 106 valence electrons. The maximum atomic E-state index is 6.18. The van der Waals surface area contributed by atoms with Crippen LogP contribution in [0.5, 0.6) is 0 Å². The lowest BCUT2D eigenvalue weighted by atomic mass is 9.99. The predicted octanol–water partition coefficient (Wildman–Crippen LogP) is 4.62. The molecule has 1 aromatic carbocycles. The van der Waals surface area contributed by atoms with Crippen LogP contribution in [0, 0.1) is 0 Å². The Morgan fingerprint density at radius 2 is 2.20 bits per heavy atom. The molecule has 2 heterocycles. The van der Waals surface area contributed by atoms with E-state index in [1.807, 2.05) is 0 Å². The SMILES string of the molecule is NCC(c1cc(Br)c(Cl)s1)N1CCCc2ccccc21. The Morgan fingerprint density at radius 1 is 1.40 bits per heavy atom. The Labute approximate surface area is 136 Å². The number of aryl methyl sites for hydroxylation is 1. The van der Waals surface area contributed by atoms with Gasteiger partial charge in [0.05, 0.1) is 6.04 Å². The van der Waals surface area contributed by atoms with Gasteiger partial charge in [0.25, 0.3) is 0 Å². The van der Waals surface area contributed by atoms with Crippen LogP contribution in [0.4, 0.5) is 5.69 Å². The van der Waals surface area contributed by atoms with E-state index in [4.69, 9.17) is 17.3 Å². The number of hydrogen-bond acceptors (Lipinski definition) is 3. The zero-order valence-corrected chi connectivity index (χ0v) is 14.1. The minimum Gasteiger partial charge on any atom is -0.362 e. The number of benzene rings is 1. The molecule has 1 aliphatic heterocycles. The van der Waals surface area contributed by atoms with Crippen LogP contribution < -0.4 is 10.6 Å². The molecule has 2 N–H and O–H groups in total. The molecule has 3 rings (SSSR count). The van der Waals surface area contributed by atoms with Gasteiger partial charge in [-0.2, -0.15) is 0 Å². The molecule has 2 nitrogen and oxygen atoms in total. The van der Waals surface area contributed by atoms with Gasteiger partial charge in [-0.05, 0) is 46.5 Å². The molecule has 0 spiro atoms. The molecule has 0 bridgehead atoms. The molecule has 5 heteroatoms. The van der Waals surface area contributed by atoms with Crippen LogP contribution in [0.2, 0.25) is 4.34 Å². The van der Waals surface area contributed by atoms with Crippen molar-refractivity contribution in [2.24, 2.45) is 5.73 Å². The molecular weight excluding hydrogens is 356 g/mol. The summed E-state index contributed by atoms with van der Waals surface area (Å²) in [7, 11) is 0. The first-order valence-corrected chi connectivity index (χ1v) is 8.69. The summed E-state index contributed by atoms with van der Waals surface area (Å²) in [6.07, 6.45) is 2.33. The number of fused-ring (bicyclic) bond motifs is 1. The maximum Gasteiger partial charge on any atom is 0.107 e. The number of nitrogens with zero attached hydrogens (tertiary/aromatic N) is 1. The first kappa shape index (κ1) is 14.4. The lowest BCUT2D eigenvalue weighted by molar-refractivity contribution is 0.594. The van der Waals surface area contributed by atoms with Crippen LogP contribution in [0.15, 0.2) is 34.8 Å². The molecule has 1 aliphatic rings. The standard InChI is InChI=1S/C15H16BrClN2S/c16-11-8-14(20-15(11)17)13(9-18)19-7-3-5-10-4-1-2-6-12(10)19/h1-2,4,6,8,13H,3,5,7,9,18H2. The summed E-state index contributed by atoms with van der Waals surface area (Å²) in [6, 6.07) is 10.9. The third-order valence-electron chi connectivity index (χ3n) is 3.74. The second-order valence-corrected chi connectivity index (χ2v) is 7.49. The van der Waals surface area contributed by atoms with Crippen LogP contribution in [0.25, 0.3) is 0 Å². The van der Waals surface area contributed by atoms with Crippen molar-refractivity contribution in [1.29, 1.82) is 0 Å². The minimum atomic E-state index is 0.199. The van der Waals surface area contributed by atoms with Crippen LogP contribution in [0.3, 0.4) is 0 Å². The first-order valence-electron chi connectivity index (χ1n) is 6.70. The van der Waals surface area contributed by atoms with Crippen molar-refractivity contribution in [3.05, 3.63) is 49.6 Å². The van der Waals surface area contributed by atoms with Gasteiger partial charge >= 0.3 is 0 Å². The molecule has 1 atom stereocenters. The summed E-state index contributed by atoms with van der Waals surface area (Å²) in [5, 5.41) is 0. The van der Waals surface area contributed by atoms with Crippen molar-refractivity contribution in [3.63, 3.8) is 0 Å². The summed E-state index contributed by atoms with van der Waals surface area (Å²) < 4.78 is 1.76. The predicted molar refractivity (Wildman–Crippen MR) is 90.9 cm³/mol. The van der Waals surface area contributed by atoms with Crippen LogP contribution >= 0.6 is 38.9 Å². The van der Waals surface area contributed by atoms with Gasteiger partial charge in [-0.1, -0.05) is 29.8 Å². The number of anilines is 1. The summed E-state index contributed by atoms with van der Waals surface area (Å²) in [5.74, 6) is 0. The monoisotopic (exact) mass is 370 g/mol. The smallest absolute Gasteiger partial charge is 0.107 e. The van der Waals surface area contributed by atoms with E-state index in [0.717, 1.165) is 21.8 Å². The number of rotatable bonds is 3. The highest BCUT2D eigenvalue weighted by atomic mass is 79.9. The van der Waals surface area contributed by atoms with Gasteiger partial charge in [0.2, 0.25) is 0 Å². The molecule has 0 amide bonds. The molecule has 0 saturated heterocycles. The molecule has 20 heavy (non-hydrogen) atoms. The van der Waals surface area contributed by atoms with Crippen LogP contribution in [0.1, 0.15) is 22.9 Å². The first-order chi connectivity index (χ1) is 9.70. The Morgan fingerprint density at radius 3 is 2.90 bits per heavy atom. The van der Waals surface area contributed by atoms with Gasteiger partial charge < -0.3 is 10.6 Å². The highest BCUT2D eigenvalue weighted by molar-refractivity contribution is 9.10. The molecule has 0 aliphatic carbocycles. The highest BCUT2D eigenvalue weighted by Crippen LogP contribution is 2.40. The second-order valence-electron chi connectivity index (χ2n) is 4.95. The zero-order chi connectivity index (χ0) is 14.1. The number of nitrogens with two attached hydrogens (primary N) is 1. The van der Waals surface area contributed by atoms with Crippen LogP contribution in [-0.2, 0) is 6.42 Å². The average Bonchev–Trinajstić information content (AvgIpc) is 2.79. The fourth-order valence-corrected chi connectivity index (χ4v) is 4.67. The van der Waals surface area contributed by atoms with Crippen molar-refractivity contribution in [3.8, 4) is 0 Å². The third-order valence-corrected chi connectivity index (χ3v) is 6.31. The Balaban J connectivity index is 1.98. The van der Waals surface area contributed by atoms with E-state index in [-0.39, 0.29) is 6.04 Å². The highest BCUT2D eigenvalue weighted by Gasteiger charge is 2.26. The largest absolute Gasteiger partial charge is 0.362 e. The zero-order valence-electron chi connectivity index (χ0n) is 11.0. The molecular formula is C15H16BrClN2S. The maximum absolute atomic E-state index is 6.18. The van der Waals surface area contributed by atoms with Crippen molar-refractivity contribution in [2.45, 2.75) is 18.9 Å². The van der Waals surface area contributed by atoms with E-state index in [0.29, 0.717) is 6.54 Å². The number of para-hydroxylation sites is 1. The van der Waals surface area contributed by atoms with Crippen LogP contribution in [-0.4, -0.2) is 13.1 Å². The quantitative estimate of drug-likeness (QED) is 0.853. The topological polar surface area (TPSA) is 29.3 Å². The fraction of sp³-hybridized carbons (Fsp3) is 0.333. The van der Waals surface area contributed by atoms with E-state index in [1.165, 1.54) is 22.5 Å². The van der Waals surface area contributed by atoms with E-state index in [1.54, 1.807) is 11.3 Å². The van der Waals surface area contributed by atoms with E-state index in [9.17, 15) is 0 Å². The van der Waals surface area contributed by atoms with Crippen molar-refractivity contribution >= 4 is 44.6 Å². The van der Waals surface area contributed by atoms with Crippen molar-refractivity contribution in [1.82, 2.24) is 0 Å². The van der Waals surface area contributed by atoms with E-state index >= 15 is 0 Å². The van der Waals surface area contributed by atoms with Gasteiger partial charge in [-0.15, -0.1) is 11.3 Å². The van der Waals surface area contributed by atoms with Crippen molar-refractivity contribution in [2.75, 3.05) is 18.0 Å². The lowest BCUT2D eigenvalue weighted by Gasteiger charge is -2.37. The van der Waals surface area contributed by atoms with Gasteiger partial charge in [-0.25, -0.2) is 0 Å². The lowest BCUT2D eigenvalue weighted by Crippen LogP contribution is -2.37. The van der Waals surface area contributed by atoms with Gasteiger partial charge in [0.1, 0.15) is 4.34 Å². The third kappa shape index (κ3) is 2.62. The molecule has 0 fully saturated rings. The minimum absolute atomic E-state index is 0.199. The van der Waals surface area contributed by atoms with Gasteiger partial charge in [-0.3, -0.25) is 0 Å². The normalized spacial score (nSPS) is 16.1. The number of halogens is 2. The molecule has 0 saturated carbocycles. The Hall–Kier alpha value is -0.550. The summed E-state index contributed by atoms with van der Waals surface area (Å²) in [6.45, 7) is 1.64. The fourth-order valence-electron chi connectivity index (χ4n) is 2.81. The number of hydrogen-bond donors (Lipinski definition) is 1. The Kier molecular flexibility index (Phi) is 4.36. The van der Waals surface area contributed by atoms with E-state index < -0.39 is 0 Å². The van der Waals surface area contributed by atoms with Gasteiger partial charge in [0.15, 0.2) is 0 Å². The summed E-state index contributed by atoms with van der Waals surface area (Å²) in [5.41, 5.74) is 8.79. The number of thiophene rings is 1. The summed E-state index contributed by atoms with van der Waals surface area (Å²) >= 11 is 11.3. The molecule has 2 aromatic rings. The van der Waals surface area contributed by atoms with Crippen molar-refractivity contribution < 1.29 is 0 Å². The second kappa shape index (κ2) is 6.06.